The van der Waals surface area contributed by atoms with Gasteiger partial charge in [-0.25, -0.2) is 15.0 Å². The van der Waals surface area contributed by atoms with Crippen molar-refractivity contribution in [1.29, 1.82) is 0 Å². The van der Waals surface area contributed by atoms with Crippen molar-refractivity contribution in [2.75, 3.05) is 0 Å². The van der Waals surface area contributed by atoms with E-state index < -0.39 is 0 Å². The number of rotatable bonds is 7. The lowest BCUT2D eigenvalue weighted by Crippen LogP contribution is -2.13. The van der Waals surface area contributed by atoms with Crippen LogP contribution in [0, 0.1) is 0 Å². The van der Waals surface area contributed by atoms with E-state index in [9.17, 15) is 0 Å². The second-order valence-corrected chi connectivity index (χ2v) is 16.2. The molecule has 0 atom stereocenters. The number of hydrogen-bond acceptors (Lipinski definition) is 4. The van der Waals surface area contributed by atoms with Crippen LogP contribution in [0.4, 0.5) is 0 Å². The third-order valence-corrected chi connectivity index (χ3v) is 10.8. The van der Waals surface area contributed by atoms with E-state index in [0.717, 1.165) is 83.5 Å². The van der Waals surface area contributed by atoms with Gasteiger partial charge in [-0.15, -0.1) is 0 Å². The molecule has 3 aromatic heterocycles. The summed E-state index contributed by atoms with van der Waals surface area (Å²) in [6.45, 7) is 11.0. The first-order valence-electron chi connectivity index (χ1n) is 19.7. The fourth-order valence-corrected chi connectivity index (χ4v) is 7.44. The predicted molar refractivity (Wildman–Crippen MR) is 238 cm³/mol. The quantitative estimate of drug-likeness (QED) is 0.153. The van der Waals surface area contributed by atoms with Crippen LogP contribution in [0.2, 0.25) is 0 Å². The van der Waals surface area contributed by atoms with E-state index in [0.29, 0.717) is 5.82 Å². The number of aromatic nitrogens is 4. The van der Waals surface area contributed by atoms with Crippen molar-refractivity contribution < 1.29 is 0 Å². The molecule has 3 heterocycles. The molecule has 0 aliphatic heterocycles. The summed E-state index contributed by atoms with van der Waals surface area (Å²) in [6, 6.07) is 59.9. The first kappa shape index (κ1) is 35.9. The first-order chi connectivity index (χ1) is 27.7. The molecule has 0 aliphatic rings. The molecule has 9 rings (SSSR count). The highest BCUT2D eigenvalue weighted by Gasteiger charge is 2.19. The molecule has 0 saturated carbocycles. The fourth-order valence-electron chi connectivity index (χ4n) is 7.44. The van der Waals surface area contributed by atoms with Crippen molar-refractivity contribution in [3.63, 3.8) is 0 Å². The maximum Gasteiger partial charge on any atom is 0.160 e. The number of nitrogens with zero attached hydrogens (tertiary/aromatic N) is 4. The first-order valence-corrected chi connectivity index (χ1v) is 19.7. The highest BCUT2D eigenvalue weighted by Crippen LogP contribution is 2.37. The van der Waals surface area contributed by atoms with Gasteiger partial charge < -0.3 is 0 Å². The average Bonchev–Trinajstić information content (AvgIpc) is 3.26. The Hall–Kier alpha value is -6.78. The maximum absolute atomic E-state index is 5.20. The molecule has 0 unspecified atom stereocenters. The minimum absolute atomic E-state index is 0.0539. The van der Waals surface area contributed by atoms with E-state index in [4.69, 9.17) is 19.9 Å². The highest BCUT2D eigenvalue weighted by atomic mass is 14.9. The summed E-state index contributed by atoms with van der Waals surface area (Å²) in [4.78, 5) is 20.5. The summed E-state index contributed by atoms with van der Waals surface area (Å²) < 4.78 is 0. The van der Waals surface area contributed by atoms with Gasteiger partial charge in [-0.3, -0.25) is 4.98 Å². The van der Waals surface area contributed by atoms with Crippen LogP contribution in [-0.4, -0.2) is 19.9 Å². The Morgan fingerprint density at radius 2 is 0.877 bits per heavy atom. The SMILES string of the molecule is CC(C)c1cc(-c2ccc(-c3ccc(-c4cc(-c5ccccc5)nc(-c5ccc(-c6ccccc6)cc5)n4)cc3)cc2)c2ccc3ccc(C(C)(C)C)nc3c2n1. The summed E-state index contributed by atoms with van der Waals surface area (Å²) in [6.07, 6.45) is 0. The lowest BCUT2D eigenvalue weighted by atomic mass is 9.90. The zero-order valence-electron chi connectivity index (χ0n) is 33.0. The number of benzene rings is 6. The van der Waals surface area contributed by atoms with Crippen molar-refractivity contribution in [2.24, 2.45) is 0 Å². The average molecular weight is 737 g/mol. The van der Waals surface area contributed by atoms with Gasteiger partial charge in [0.2, 0.25) is 0 Å². The molecule has 4 nitrogen and oxygen atoms in total. The predicted octanol–water partition coefficient (Wildman–Crippen LogP) is 14.0. The van der Waals surface area contributed by atoms with E-state index in [1.54, 1.807) is 0 Å². The largest absolute Gasteiger partial charge is 0.250 e. The normalized spacial score (nSPS) is 11.8. The third kappa shape index (κ3) is 7.23. The van der Waals surface area contributed by atoms with Crippen LogP contribution in [0.15, 0.2) is 170 Å². The van der Waals surface area contributed by atoms with Crippen LogP contribution in [0.1, 0.15) is 51.9 Å². The topological polar surface area (TPSA) is 51.6 Å². The number of fused-ring (bicyclic) bond motifs is 3. The van der Waals surface area contributed by atoms with Gasteiger partial charge in [0.1, 0.15) is 0 Å². The summed E-state index contributed by atoms with van der Waals surface area (Å²) in [7, 11) is 0. The van der Waals surface area contributed by atoms with Gasteiger partial charge in [0.25, 0.3) is 0 Å². The summed E-state index contributed by atoms with van der Waals surface area (Å²) in [5.41, 5.74) is 15.9. The van der Waals surface area contributed by atoms with Crippen molar-refractivity contribution in [2.45, 2.75) is 46.0 Å². The minimum atomic E-state index is -0.0539. The van der Waals surface area contributed by atoms with Gasteiger partial charge >= 0.3 is 0 Å². The lowest BCUT2D eigenvalue weighted by Gasteiger charge is -2.19. The van der Waals surface area contributed by atoms with Gasteiger partial charge in [-0.05, 0) is 57.5 Å². The van der Waals surface area contributed by atoms with E-state index in [1.165, 1.54) is 11.1 Å². The smallest absolute Gasteiger partial charge is 0.160 e. The molecule has 4 heteroatoms. The Balaban J connectivity index is 1.05. The monoisotopic (exact) mass is 736 g/mol. The van der Waals surface area contributed by atoms with Gasteiger partial charge in [0.15, 0.2) is 5.82 Å². The molecule has 9 aromatic rings. The van der Waals surface area contributed by atoms with E-state index in [-0.39, 0.29) is 11.3 Å². The maximum atomic E-state index is 5.20. The lowest BCUT2D eigenvalue weighted by molar-refractivity contribution is 0.571. The van der Waals surface area contributed by atoms with Gasteiger partial charge in [-0.1, -0.05) is 186 Å². The molecule has 0 spiro atoms. The molecule has 0 N–H and O–H groups in total. The van der Waals surface area contributed by atoms with Crippen molar-refractivity contribution in [1.82, 2.24) is 19.9 Å². The second kappa shape index (κ2) is 14.7. The molecule has 0 amide bonds. The second-order valence-electron chi connectivity index (χ2n) is 16.2. The van der Waals surface area contributed by atoms with Crippen molar-refractivity contribution in [3.8, 4) is 67.3 Å². The molecular formula is C53H44N4. The molecule has 0 aliphatic carbocycles. The Morgan fingerprint density at radius 3 is 1.44 bits per heavy atom. The van der Waals surface area contributed by atoms with Crippen LogP contribution in [0.3, 0.4) is 0 Å². The molecular weight excluding hydrogens is 693 g/mol. The number of pyridine rings is 2. The third-order valence-electron chi connectivity index (χ3n) is 10.8. The fraction of sp³-hybridized carbons (Fsp3) is 0.132. The molecule has 57 heavy (non-hydrogen) atoms. The standard InChI is InChI=1S/C53H44N4/c1-34(2)46-32-45(44-30-28-42-29-31-49(53(3,4)5)57-50(42)51(44)54-46)39-22-16-37(17-23-39)38-18-24-41(25-19-38)48-33-47(40-14-10-7-11-15-40)55-52(56-48)43-26-20-36(21-27-43)35-12-8-6-9-13-35/h6-34H,1-5H3. The Kier molecular flexibility index (Phi) is 9.26. The molecule has 276 valence electrons. The van der Waals surface area contributed by atoms with Crippen LogP contribution in [0.25, 0.3) is 89.1 Å². The Bertz CT molecular complexity index is 2860. The zero-order valence-corrected chi connectivity index (χ0v) is 33.0. The van der Waals surface area contributed by atoms with E-state index in [1.807, 2.05) is 24.3 Å². The minimum Gasteiger partial charge on any atom is -0.250 e. The van der Waals surface area contributed by atoms with Crippen molar-refractivity contribution in [3.05, 3.63) is 181 Å². The van der Waals surface area contributed by atoms with Gasteiger partial charge in [0.05, 0.1) is 22.4 Å². The molecule has 6 aromatic carbocycles. The number of hydrogen-bond donors (Lipinski definition) is 0. The van der Waals surface area contributed by atoms with Crippen LogP contribution in [0.5, 0.6) is 0 Å². The highest BCUT2D eigenvalue weighted by molar-refractivity contribution is 6.08. The Labute approximate surface area is 335 Å². The molecule has 0 bridgehead atoms. The summed E-state index contributed by atoms with van der Waals surface area (Å²) >= 11 is 0. The van der Waals surface area contributed by atoms with Crippen molar-refractivity contribution >= 4 is 21.8 Å². The van der Waals surface area contributed by atoms with Crippen LogP contribution in [-0.2, 0) is 5.41 Å². The van der Waals surface area contributed by atoms with Gasteiger partial charge in [-0.2, -0.15) is 0 Å². The van der Waals surface area contributed by atoms with E-state index >= 15 is 0 Å². The van der Waals surface area contributed by atoms with Crippen LogP contribution >= 0.6 is 0 Å². The summed E-state index contributed by atoms with van der Waals surface area (Å²) in [5.74, 6) is 0.982. The van der Waals surface area contributed by atoms with Crippen LogP contribution < -0.4 is 0 Å². The molecule has 0 radical (unpaired) electrons. The molecule has 0 fully saturated rings. The summed E-state index contributed by atoms with van der Waals surface area (Å²) in [5, 5.41) is 2.23. The Morgan fingerprint density at radius 1 is 0.404 bits per heavy atom. The van der Waals surface area contributed by atoms with Gasteiger partial charge in [0, 0.05) is 44.3 Å². The molecule has 0 saturated heterocycles. The zero-order chi connectivity index (χ0) is 39.1. The van der Waals surface area contributed by atoms with E-state index in [2.05, 4.69) is 180 Å².